The summed E-state index contributed by atoms with van der Waals surface area (Å²) in [6.07, 6.45) is 1.82. The van der Waals surface area contributed by atoms with Gasteiger partial charge in [-0.05, 0) is 25.8 Å². The summed E-state index contributed by atoms with van der Waals surface area (Å²) in [4.78, 5) is 4.37. The third-order valence-electron chi connectivity index (χ3n) is 3.13. The van der Waals surface area contributed by atoms with Crippen LogP contribution in [-0.4, -0.2) is 33.1 Å². The number of aryl methyl sites for hydroxylation is 2. The zero-order chi connectivity index (χ0) is 15.2. The lowest BCUT2D eigenvalue weighted by Crippen LogP contribution is -2.18. The van der Waals surface area contributed by atoms with Gasteiger partial charge in [-0.1, -0.05) is 19.0 Å². The molecule has 0 amide bonds. The summed E-state index contributed by atoms with van der Waals surface area (Å²) in [5.74, 6) is 0.910. The van der Waals surface area contributed by atoms with Crippen LogP contribution in [0.2, 0.25) is 0 Å². The van der Waals surface area contributed by atoms with E-state index in [4.69, 9.17) is 15.0 Å². The summed E-state index contributed by atoms with van der Waals surface area (Å²) in [6.45, 7) is 7.96. The summed E-state index contributed by atoms with van der Waals surface area (Å²) in [6, 6.07) is 1.59. The van der Waals surface area contributed by atoms with Crippen LogP contribution >= 0.6 is 0 Å². The molecule has 21 heavy (non-hydrogen) atoms. The Morgan fingerprint density at radius 1 is 1.38 bits per heavy atom. The van der Waals surface area contributed by atoms with Crippen LogP contribution in [0.15, 0.2) is 10.6 Å². The maximum absolute atomic E-state index is 6.00. The minimum atomic E-state index is -0.377. The van der Waals surface area contributed by atoms with Crippen molar-refractivity contribution in [2.24, 2.45) is 5.73 Å². The molecule has 1 unspecified atom stereocenters. The molecule has 0 saturated carbocycles. The summed E-state index contributed by atoms with van der Waals surface area (Å²) >= 11 is 0. The molecule has 0 aliphatic rings. The first-order valence-corrected chi connectivity index (χ1v) is 7.43. The quantitative estimate of drug-likeness (QED) is 0.748. The minimum Gasteiger partial charge on any atom is -0.379 e. The number of rotatable bonds is 8. The van der Waals surface area contributed by atoms with Gasteiger partial charge in [0, 0.05) is 13.2 Å². The lowest BCUT2D eigenvalue weighted by atomic mass is 10.3. The molecule has 1 atom stereocenters. The van der Waals surface area contributed by atoms with E-state index in [0.29, 0.717) is 24.9 Å². The van der Waals surface area contributed by atoms with Crippen LogP contribution < -0.4 is 5.73 Å². The Kier molecular flexibility index (Phi) is 5.46. The normalized spacial score (nSPS) is 12.8. The van der Waals surface area contributed by atoms with Crippen molar-refractivity contribution < 1.29 is 9.26 Å². The van der Waals surface area contributed by atoms with E-state index in [1.54, 1.807) is 0 Å². The highest BCUT2D eigenvalue weighted by Crippen LogP contribution is 2.20. The van der Waals surface area contributed by atoms with Crippen LogP contribution in [0.5, 0.6) is 0 Å². The van der Waals surface area contributed by atoms with Crippen molar-refractivity contribution in [2.45, 2.75) is 46.2 Å². The highest BCUT2D eigenvalue weighted by molar-refractivity contribution is 5.48. The van der Waals surface area contributed by atoms with Crippen LogP contribution in [0.3, 0.4) is 0 Å². The van der Waals surface area contributed by atoms with Crippen molar-refractivity contribution in [2.75, 3.05) is 13.2 Å². The second kappa shape index (κ2) is 7.33. The molecule has 7 nitrogen and oxygen atoms in total. The van der Waals surface area contributed by atoms with Crippen LogP contribution in [0.1, 0.15) is 44.8 Å². The molecule has 2 aromatic heterocycles. The first-order valence-electron chi connectivity index (χ1n) is 7.43. The minimum absolute atomic E-state index is 0.377. The van der Waals surface area contributed by atoms with Crippen molar-refractivity contribution in [1.82, 2.24) is 19.9 Å². The Morgan fingerprint density at radius 2 is 2.19 bits per heavy atom. The SMILES string of the molecule is CCCOCC(N)c1noc(-c2cc(CC)nn2CC)n1. The van der Waals surface area contributed by atoms with Gasteiger partial charge < -0.3 is 15.0 Å². The van der Waals surface area contributed by atoms with Crippen LogP contribution in [-0.2, 0) is 17.7 Å². The highest BCUT2D eigenvalue weighted by atomic mass is 16.5. The number of nitrogens with zero attached hydrogens (tertiary/aromatic N) is 4. The Balaban J connectivity index is 2.13. The summed E-state index contributed by atoms with van der Waals surface area (Å²) in [5.41, 5.74) is 7.83. The lowest BCUT2D eigenvalue weighted by Gasteiger charge is -2.06. The van der Waals surface area contributed by atoms with Crippen LogP contribution in [0.4, 0.5) is 0 Å². The van der Waals surface area contributed by atoms with Gasteiger partial charge in [0.2, 0.25) is 0 Å². The number of nitrogens with two attached hydrogens (primary N) is 1. The molecule has 116 valence electrons. The molecule has 2 N–H and O–H groups in total. The number of hydrogen-bond donors (Lipinski definition) is 1. The Bertz CT molecular complexity index is 563. The van der Waals surface area contributed by atoms with Gasteiger partial charge in [-0.2, -0.15) is 10.1 Å². The molecular weight excluding hydrogens is 270 g/mol. The molecule has 0 aromatic carbocycles. The van der Waals surface area contributed by atoms with E-state index in [1.165, 1.54) is 0 Å². The maximum atomic E-state index is 6.00. The zero-order valence-corrected chi connectivity index (χ0v) is 12.9. The average Bonchev–Trinajstić information content (AvgIpc) is 3.13. The van der Waals surface area contributed by atoms with Crippen molar-refractivity contribution in [1.29, 1.82) is 0 Å². The number of aromatic nitrogens is 4. The Morgan fingerprint density at radius 3 is 2.86 bits per heavy atom. The Hall–Kier alpha value is -1.73. The van der Waals surface area contributed by atoms with Crippen LogP contribution in [0.25, 0.3) is 11.6 Å². The molecule has 2 rings (SSSR count). The van der Waals surface area contributed by atoms with Gasteiger partial charge in [0.05, 0.1) is 18.3 Å². The fourth-order valence-electron chi connectivity index (χ4n) is 1.97. The molecule has 7 heteroatoms. The summed E-state index contributed by atoms with van der Waals surface area (Å²) in [7, 11) is 0. The van der Waals surface area contributed by atoms with Gasteiger partial charge in [0.1, 0.15) is 5.69 Å². The van der Waals surface area contributed by atoms with Gasteiger partial charge in [-0.3, -0.25) is 4.68 Å². The third kappa shape index (κ3) is 3.68. The standard InChI is InChI=1S/C14H23N5O2/c1-4-7-20-9-11(15)13-16-14(21-18-13)12-8-10(5-2)17-19(12)6-3/h8,11H,4-7,9,15H2,1-3H3. The monoisotopic (exact) mass is 293 g/mol. The molecule has 0 aliphatic heterocycles. The van der Waals surface area contributed by atoms with Gasteiger partial charge in [-0.15, -0.1) is 0 Å². The molecule has 2 heterocycles. The molecule has 0 aliphatic carbocycles. The fraction of sp³-hybridized carbons (Fsp3) is 0.643. The second-order valence-corrected chi connectivity index (χ2v) is 4.83. The molecule has 0 radical (unpaired) electrons. The average molecular weight is 293 g/mol. The van der Waals surface area contributed by atoms with E-state index in [2.05, 4.69) is 29.1 Å². The van der Waals surface area contributed by atoms with Crippen molar-refractivity contribution in [3.63, 3.8) is 0 Å². The first-order chi connectivity index (χ1) is 10.2. The van der Waals surface area contributed by atoms with Gasteiger partial charge in [0.25, 0.3) is 5.89 Å². The van der Waals surface area contributed by atoms with E-state index >= 15 is 0 Å². The third-order valence-corrected chi connectivity index (χ3v) is 3.13. The van der Waals surface area contributed by atoms with Gasteiger partial charge in [-0.25, -0.2) is 0 Å². The first kappa shape index (κ1) is 15.7. The smallest absolute Gasteiger partial charge is 0.276 e. The molecule has 0 saturated heterocycles. The van der Waals surface area contributed by atoms with Gasteiger partial charge in [0.15, 0.2) is 5.82 Å². The number of hydrogen-bond acceptors (Lipinski definition) is 6. The molecule has 0 bridgehead atoms. The van der Waals surface area contributed by atoms with E-state index < -0.39 is 0 Å². The zero-order valence-electron chi connectivity index (χ0n) is 12.9. The summed E-state index contributed by atoms with van der Waals surface area (Å²) in [5, 5.41) is 8.42. The topological polar surface area (TPSA) is 92.0 Å². The van der Waals surface area contributed by atoms with Crippen LogP contribution in [0, 0.1) is 0 Å². The predicted octanol–water partition coefficient (Wildman–Crippen LogP) is 1.94. The van der Waals surface area contributed by atoms with Crippen molar-refractivity contribution >= 4 is 0 Å². The highest BCUT2D eigenvalue weighted by Gasteiger charge is 2.18. The summed E-state index contributed by atoms with van der Waals surface area (Å²) < 4.78 is 12.6. The lowest BCUT2D eigenvalue weighted by molar-refractivity contribution is 0.119. The molecule has 0 fully saturated rings. The van der Waals surface area contributed by atoms with E-state index in [0.717, 1.165) is 30.8 Å². The molecular formula is C14H23N5O2. The van der Waals surface area contributed by atoms with Crippen molar-refractivity contribution in [3.8, 4) is 11.6 Å². The van der Waals surface area contributed by atoms with Crippen molar-refractivity contribution in [3.05, 3.63) is 17.6 Å². The van der Waals surface area contributed by atoms with E-state index in [9.17, 15) is 0 Å². The van der Waals surface area contributed by atoms with E-state index in [-0.39, 0.29) is 6.04 Å². The van der Waals surface area contributed by atoms with E-state index in [1.807, 2.05) is 17.7 Å². The fourth-order valence-corrected chi connectivity index (χ4v) is 1.97. The maximum Gasteiger partial charge on any atom is 0.276 e. The number of ether oxygens (including phenoxy) is 1. The largest absolute Gasteiger partial charge is 0.379 e. The molecule has 0 spiro atoms. The predicted molar refractivity (Wildman–Crippen MR) is 78.6 cm³/mol. The second-order valence-electron chi connectivity index (χ2n) is 4.83. The molecule has 2 aromatic rings. The van der Waals surface area contributed by atoms with Gasteiger partial charge >= 0.3 is 0 Å². The Labute approximate surface area is 124 Å².